The number of anilines is 2. The molecule has 0 fully saturated rings. The van der Waals surface area contributed by atoms with Gasteiger partial charge in [0, 0.05) is 33.8 Å². The van der Waals surface area contributed by atoms with Gasteiger partial charge in [0.2, 0.25) is 11.9 Å². The molecular weight excluding hydrogens is 366 g/mol. The first-order valence-corrected chi connectivity index (χ1v) is 9.17. The number of Topliss-reactive ketones (excluding diaryl/α,β-unsaturated/α-hetero) is 1. The molecule has 2 heterocycles. The molecule has 0 saturated carbocycles. The molecule has 0 bridgehead atoms. The van der Waals surface area contributed by atoms with Crippen LogP contribution in [0.4, 0.5) is 11.9 Å². The first-order valence-electron chi connectivity index (χ1n) is 8.18. The van der Waals surface area contributed by atoms with E-state index < -0.39 is 0 Å². The lowest BCUT2D eigenvalue weighted by Gasteiger charge is -2.17. The molecule has 27 heavy (non-hydrogen) atoms. The van der Waals surface area contributed by atoms with Gasteiger partial charge in [-0.2, -0.15) is 9.97 Å². The average Bonchev–Trinajstić information content (AvgIpc) is 3.08. The second-order valence-electron chi connectivity index (χ2n) is 6.17. The number of hydrogen-bond acceptors (Lipinski definition) is 9. The zero-order chi connectivity index (χ0) is 19.6. The Labute approximate surface area is 161 Å². The number of ether oxygens (including phenoxy) is 1. The fourth-order valence-electron chi connectivity index (χ4n) is 2.35. The molecule has 3 aromatic rings. The molecule has 0 aliphatic rings. The molecule has 0 aliphatic heterocycles. The van der Waals surface area contributed by atoms with E-state index in [4.69, 9.17) is 4.74 Å². The number of thioether (sulfide) groups is 1. The van der Waals surface area contributed by atoms with Crippen LogP contribution < -0.4 is 14.5 Å². The van der Waals surface area contributed by atoms with Crippen molar-refractivity contribution in [2.75, 3.05) is 50.9 Å². The van der Waals surface area contributed by atoms with Gasteiger partial charge < -0.3 is 14.5 Å². The van der Waals surface area contributed by atoms with E-state index in [1.807, 2.05) is 38.0 Å². The number of carbonyl (C=O) groups is 1. The molecular formula is C17H21N7O2S. The van der Waals surface area contributed by atoms with Gasteiger partial charge in [0.25, 0.3) is 5.78 Å². The summed E-state index contributed by atoms with van der Waals surface area (Å²) in [6, 6.07) is 7.04. The van der Waals surface area contributed by atoms with Gasteiger partial charge in [-0.15, -0.1) is 10.2 Å². The SMILES string of the molecule is COc1ccc(C(=O)CSc2nnc3nc(N(C)C)nc(N(C)C)n23)cc1. The van der Waals surface area contributed by atoms with Crippen molar-refractivity contribution < 1.29 is 9.53 Å². The van der Waals surface area contributed by atoms with E-state index in [1.165, 1.54) is 11.8 Å². The normalized spacial score (nSPS) is 10.9. The number of rotatable bonds is 7. The Morgan fingerprint density at radius 3 is 2.37 bits per heavy atom. The molecule has 142 valence electrons. The minimum Gasteiger partial charge on any atom is -0.497 e. The summed E-state index contributed by atoms with van der Waals surface area (Å²) < 4.78 is 6.87. The Balaban J connectivity index is 1.85. The highest BCUT2D eigenvalue weighted by molar-refractivity contribution is 7.99. The molecule has 0 atom stereocenters. The molecule has 0 aliphatic carbocycles. The second-order valence-corrected chi connectivity index (χ2v) is 7.11. The topological polar surface area (TPSA) is 88.7 Å². The van der Waals surface area contributed by atoms with Gasteiger partial charge >= 0.3 is 0 Å². The maximum absolute atomic E-state index is 12.5. The fraction of sp³-hybridized carbons (Fsp3) is 0.353. The number of nitrogens with zero attached hydrogens (tertiary/aromatic N) is 7. The van der Waals surface area contributed by atoms with Gasteiger partial charge in [0.05, 0.1) is 12.9 Å². The first-order chi connectivity index (χ1) is 12.9. The third-order valence-corrected chi connectivity index (χ3v) is 4.69. The highest BCUT2D eigenvalue weighted by atomic mass is 32.2. The van der Waals surface area contributed by atoms with Crippen molar-refractivity contribution in [1.29, 1.82) is 0 Å². The highest BCUT2D eigenvalue weighted by Crippen LogP contribution is 2.24. The van der Waals surface area contributed by atoms with Crippen molar-refractivity contribution in [3.63, 3.8) is 0 Å². The van der Waals surface area contributed by atoms with Crippen LogP contribution in [-0.4, -0.2) is 71.4 Å². The molecule has 0 radical (unpaired) electrons. The second kappa shape index (κ2) is 7.78. The summed E-state index contributed by atoms with van der Waals surface area (Å²) in [6.07, 6.45) is 0. The van der Waals surface area contributed by atoms with Crippen molar-refractivity contribution in [3.05, 3.63) is 29.8 Å². The van der Waals surface area contributed by atoms with Crippen LogP contribution in [-0.2, 0) is 0 Å². The van der Waals surface area contributed by atoms with E-state index in [2.05, 4.69) is 20.2 Å². The number of ketones is 1. The van der Waals surface area contributed by atoms with Crippen LogP contribution in [0.5, 0.6) is 5.75 Å². The zero-order valence-electron chi connectivity index (χ0n) is 15.9. The third kappa shape index (κ3) is 3.95. The van der Waals surface area contributed by atoms with Gasteiger partial charge in [0.15, 0.2) is 10.9 Å². The van der Waals surface area contributed by atoms with Crippen molar-refractivity contribution in [2.24, 2.45) is 0 Å². The van der Waals surface area contributed by atoms with E-state index in [0.717, 1.165) is 0 Å². The molecule has 0 saturated heterocycles. The minimum atomic E-state index is -0.00311. The largest absolute Gasteiger partial charge is 0.497 e. The fourth-order valence-corrected chi connectivity index (χ4v) is 3.17. The van der Waals surface area contributed by atoms with Crippen LogP contribution in [0.15, 0.2) is 29.4 Å². The molecule has 1 aromatic carbocycles. The van der Waals surface area contributed by atoms with E-state index in [0.29, 0.717) is 34.1 Å². The highest BCUT2D eigenvalue weighted by Gasteiger charge is 2.18. The molecule has 2 aromatic heterocycles. The van der Waals surface area contributed by atoms with E-state index >= 15 is 0 Å². The average molecular weight is 387 g/mol. The number of methoxy groups -OCH3 is 1. The molecule has 3 rings (SSSR count). The summed E-state index contributed by atoms with van der Waals surface area (Å²) >= 11 is 1.30. The summed E-state index contributed by atoms with van der Waals surface area (Å²) in [5.74, 6) is 2.58. The number of hydrogen-bond donors (Lipinski definition) is 0. The zero-order valence-corrected chi connectivity index (χ0v) is 16.7. The predicted octanol–water partition coefficient (Wildman–Crippen LogP) is 1.63. The molecule has 0 amide bonds. The Morgan fingerprint density at radius 2 is 1.78 bits per heavy atom. The summed E-state index contributed by atoms with van der Waals surface area (Å²) in [6.45, 7) is 0. The maximum Gasteiger partial charge on any atom is 0.261 e. The summed E-state index contributed by atoms with van der Waals surface area (Å²) in [5, 5.41) is 8.90. The van der Waals surface area contributed by atoms with Crippen LogP contribution in [0.3, 0.4) is 0 Å². The summed E-state index contributed by atoms with van der Waals surface area (Å²) in [4.78, 5) is 25.1. The smallest absolute Gasteiger partial charge is 0.261 e. The third-order valence-electron chi connectivity index (χ3n) is 3.76. The van der Waals surface area contributed by atoms with Crippen LogP contribution in [0.2, 0.25) is 0 Å². The Morgan fingerprint density at radius 1 is 1.07 bits per heavy atom. The molecule has 0 spiro atoms. The van der Waals surface area contributed by atoms with Crippen LogP contribution in [0, 0.1) is 0 Å². The van der Waals surface area contributed by atoms with Gasteiger partial charge in [-0.3, -0.25) is 4.79 Å². The minimum absolute atomic E-state index is 0.00311. The van der Waals surface area contributed by atoms with Crippen LogP contribution >= 0.6 is 11.8 Å². The molecule has 9 nitrogen and oxygen atoms in total. The van der Waals surface area contributed by atoms with Crippen molar-refractivity contribution in [2.45, 2.75) is 5.16 Å². The van der Waals surface area contributed by atoms with Crippen molar-refractivity contribution in [1.82, 2.24) is 24.6 Å². The van der Waals surface area contributed by atoms with Gasteiger partial charge in [-0.05, 0) is 24.3 Å². The number of fused-ring (bicyclic) bond motifs is 1. The van der Waals surface area contributed by atoms with E-state index in [-0.39, 0.29) is 11.5 Å². The van der Waals surface area contributed by atoms with Crippen molar-refractivity contribution >= 4 is 35.2 Å². The number of benzene rings is 1. The maximum atomic E-state index is 12.5. The monoisotopic (exact) mass is 387 g/mol. The van der Waals surface area contributed by atoms with E-state index in [1.54, 1.807) is 35.8 Å². The van der Waals surface area contributed by atoms with Gasteiger partial charge in [0.1, 0.15) is 5.75 Å². The standard InChI is InChI=1S/C17H21N7O2S/c1-22(2)14-18-15-20-21-17(24(15)16(19-14)23(3)4)27-10-13(25)11-6-8-12(26-5)9-7-11/h6-9H,10H2,1-5H3. The Bertz CT molecular complexity index is 954. The first kappa shape index (κ1) is 18.9. The number of carbonyl (C=O) groups excluding carboxylic acids is 1. The van der Waals surface area contributed by atoms with Gasteiger partial charge in [-0.25, -0.2) is 4.40 Å². The van der Waals surface area contributed by atoms with Gasteiger partial charge in [-0.1, -0.05) is 11.8 Å². The summed E-state index contributed by atoms with van der Waals surface area (Å²) in [7, 11) is 9.10. The summed E-state index contributed by atoms with van der Waals surface area (Å²) in [5.41, 5.74) is 0.621. The Hall–Kier alpha value is -2.88. The van der Waals surface area contributed by atoms with Crippen LogP contribution in [0.1, 0.15) is 10.4 Å². The molecule has 10 heteroatoms. The molecule has 0 unspecified atom stereocenters. The lowest BCUT2D eigenvalue weighted by Crippen LogP contribution is -2.20. The molecule has 0 N–H and O–H groups in total. The quantitative estimate of drug-likeness (QED) is 0.443. The lowest BCUT2D eigenvalue weighted by molar-refractivity contribution is 0.102. The predicted molar refractivity (Wildman–Crippen MR) is 105 cm³/mol. The number of aromatic nitrogens is 5. The Kier molecular flexibility index (Phi) is 5.45. The van der Waals surface area contributed by atoms with Crippen molar-refractivity contribution in [3.8, 4) is 5.75 Å². The lowest BCUT2D eigenvalue weighted by atomic mass is 10.1. The van der Waals surface area contributed by atoms with E-state index in [9.17, 15) is 4.79 Å². The van der Waals surface area contributed by atoms with Crippen LogP contribution in [0.25, 0.3) is 5.78 Å².